The first-order chi connectivity index (χ1) is 19.1. The van der Waals surface area contributed by atoms with E-state index in [-0.39, 0.29) is 0 Å². The first kappa shape index (κ1) is 28.2. The van der Waals surface area contributed by atoms with Crippen LogP contribution in [0, 0.1) is 11.3 Å². The molecule has 0 atom stereocenters. The summed E-state index contributed by atoms with van der Waals surface area (Å²) in [5.41, 5.74) is 3.02. The normalized spacial score (nSPS) is 18.6. The Balaban J connectivity index is 1.43. The number of nitriles is 1. The van der Waals surface area contributed by atoms with Crippen LogP contribution < -0.4 is 23.8 Å². The molecule has 3 aromatic carbocycles. The number of para-hydroxylation sites is 1. The minimum atomic E-state index is -0.508. The van der Waals surface area contributed by atoms with Gasteiger partial charge >= 0.3 is 0 Å². The molecule has 0 heterocycles. The minimum absolute atomic E-state index is 0.398. The van der Waals surface area contributed by atoms with Crippen molar-refractivity contribution >= 4 is 5.69 Å². The largest absolute Gasteiger partial charge is 0.493 e. The highest BCUT2D eigenvalue weighted by molar-refractivity contribution is 5.49. The summed E-state index contributed by atoms with van der Waals surface area (Å²) >= 11 is 0. The topological polar surface area (TPSA) is 64.0 Å². The number of ether oxygens (including phenoxy) is 4. The SMILES string of the molecule is COc1ccc(CCCCN(c2ccccc2)C2CCC(C#N)(c3ccc(OC)c(OC)c3)CC2)cc1OC. The fourth-order valence-electron chi connectivity index (χ4n) is 5.80. The number of benzene rings is 3. The Labute approximate surface area is 233 Å². The first-order valence-corrected chi connectivity index (χ1v) is 13.7. The molecule has 6 heteroatoms. The standard InChI is InChI=1S/C33H40N2O4/c1-36-29-15-13-25(22-31(29)38-3)10-8-9-21-35(27-11-6-5-7-12-27)28-17-19-33(24-34,20-18-28)26-14-16-30(37-2)32(23-26)39-4/h5-7,11-16,22-23,28H,8-10,17-21H2,1-4H3. The van der Waals surface area contributed by atoms with E-state index in [4.69, 9.17) is 18.9 Å². The fourth-order valence-corrected chi connectivity index (χ4v) is 5.80. The van der Waals surface area contributed by atoms with Gasteiger partial charge in [-0.05, 0) is 92.5 Å². The van der Waals surface area contributed by atoms with Crippen molar-refractivity contribution in [1.29, 1.82) is 5.26 Å². The predicted octanol–water partition coefficient (Wildman–Crippen LogP) is 6.95. The number of rotatable bonds is 12. The number of hydrogen-bond acceptors (Lipinski definition) is 6. The average Bonchev–Trinajstić information content (AvgIpc) is 3.01. The van der Waals surface area contributed by atoms with Gasteiger partial charge < -0.3 is 23.8 Å². The quantitative estimate of drug-likeness (QED) is 0.237. The van der Waals surface area contributed by atoms with Crippen molar-refractivity contribution in [2.75, 3.05) is 39.9 Å². The second kappa shape index (κ2) is 13.3. The molecule has 0 aliphatic heterocycles. The summed E-state index contributed by atoms with van der Waals surface area (Å²) < 4.78 is 21.8. The maximum absolute atomic E-state index is 10.3. The molecule has 1 aliphatic rings. The van der Waals surface area contributed by atoms with Crippen LogP contribution in [0.3, 0.4) is 0 Å². The first-order valence-electron chi connectivity index (χ1n) is 13.7. The third-order valence-electron chi connectivity index (χ3n) is 8.05. The van der Waals surface area contributed by atoms with Crippen LogP contribution in [0.2, 0.25) is 0 Å². The zero-order valence-electron chi connectivity index (χ0n) is 23.6. The van der Waals surface area contributed by atoms with Crippen molar-refractivity contribution < 1.29 is 18.9 Å². The molecule has 0 spiro atoms. The maximum atomic E-state index is 10.3. The van der Waals surface area contributed by atoms with Crippen molar-refractivity contribution in [2.45, 2.75) is 56.4 Å². The van der Waals surface area contributed by atoms with Gasteiger partial charge in [0.05, 0.1) is 39.9 Å². The Bertz CT molecular complexity index is 1250. The van der Waals surface area contributed by atoms with Crippen LogP contribution in [-0.4, -0.2) is 41.0 Å². The molecule has 1 aliphatic carbocycles. The predicted molar refractivity (Wildman–Crippen MR) is 155 cm³/mol. The molecule has 0 unspecified atom stereocenters. The maximum Gasteiger partial charge on any atom is 0.161 e. The number of nitrogens with zero attached hydrogens (tertiary/aromatic N) is 2. The van der Waals surface area contributed by atoms with E-state index in [9.17, 15) is 5.26 Å². The Morgan fingerprint density at radius 1 is 0.769 bits per heavy atom. The number of hydrogen-bond donors (Lipinski definition) is 0. The lowest BCUT2D eigenvalue weighted by Gasteiger charge is -2.42. The summed E-state index contributed by atoms with van der Waals surface area (Å²) in [6.45, 7) is 0.984. The highest BCUT2D eigenvalue weighted by Crippen LogP contribution is 2.43. The van der Waals surface area contributed by atoms with Crippen LogP contribution in [-0.2, 0) is 11.8 Å². The van der Waals surface area contributed by atoms with Gasteiger partial charge in [-0.2, -0.15) is 5.26 Å². The van der Waals surface area contributed by atoms with Crippen molar-refractivity contribution in [2.24, 2.45) is 0 Å². The van der Waals surface area contributed by atoms with E-state index in [1.807, 2.05) is 24.3 Å². The Morgan fingerprint density at radius 3 is 2.00 bits per heavy atom. The van der Waals surface area contributed by atoms with Gasteiger partial charge in [0.15, 0.2) is 23.0 Å². The number of anilines is 1. The Morgan fingerprint density at radius 2 is 1.38 bits per heavy atom. The molecule has 39 heavy (non-hydrogen) atoms. The molecule has 0 saturated heterocycles. The van der Waals surface area contributed by atoms with Crippen LogP contribution in [0.25, 0.3) is 0 Å². The van der Waals surface area contributed by atoms with Crippen LogP contribution in [0.4, 0.5) is 5.69 Å². The van der Waals surface area contributed by atoms with Gasteiger partial charge in [-0.1, -0.05) is 30.3 Å². The summed E-state index contributed by atoms with van der Waals surface area (Å²) in [4.78, 5) is 2.56. The van der Waals surface area contributed by atoms with Gasteiger partial charge in [0.2, 0.25) is 0 Å². The fraction of sp³-hybridized carbons (Fsp3) is 0.424. The molecule has 0 amide bonds. The molecule has 0 aromatic heterocycles. The smallest absolute Gasteiger partial charge is 0.161 e. The van der Waals surface area contributed by atoms with Gasteiger partial charge in [-0.25, -0.2) is 0 Å². The molecular formula is C33H40N2O4. The Hall–Kier alpha value is -3.85. The number of aryl methyl sites for hydroxylation is 1. The summed E-state index contributed by atoms with van der Waals surface area (Å²) in [7, 11) is 6.61. The lowest BCUT2D eigenvalue weighted by Crippen LogP contribution is -2.42. The van der Waals surface area contributed by atoms with E-state index in [2.05, 4.69) is 53.4 Å². The molecule has 4 rings (SSSR count). The second-order valence-corrected chi connectivity index (χ2v) is 10.2. The van der Waals surface area contributed by atoms with Crippen molar-refractivity contribution in [3.05, 3.63) is 77.9 Å². The lowest BCUT2D eigenvalue weighted by molar-refractivity contribution is 0.315. The molecule has 0 N–H and O–H groups in total. The molecule has 0 radical (unpaired) electrons. The molecule has 1 saturated carbocycles. The highest BCUT2D eigenvalue weighted by Gasteiger charge is 2.39. The zero-order chi connectivity index (χ0) is 27.7. The van der Waals surface area contributed by atoms with E-state index in [1.165, 1.54) is 11.3 Å². The van der Waals surface area contributed by atoms with Crippen molar-refractivity contribution in [1.82, 2.24) is 0 Å². The monoisotopic (exact) mass is 528 g/mol. The third-order valence-corrected chi connectivity index (χ3v) is 8.05. The molecule has 0 bridgehead atoms. The van der Waals surface area contributed by atoms with E-state index < -0.39 is 5.41 Å². The van der Waals surface area contributed by atoms with E-state index >= 15 is 0 Å². The average molecular weight is 529 g/mol. The van der Waals surface area contributed by atoms with Crippen LogP contribution in [0.5, 0.6) is 23.0 Å². The van der Waals surface area contributed by atoms with Crippen molar-refractivity contribution in [3.63, 3.8) is 0 Å². The summed E-state index contributed by atoms with van der Waals surface area (Å²) in [6.07, 6.45) is 6.72. The van der Waals surface area contributed by atoms with Crippen LogP contribution in [0.15, 0.2) is 66.7 Å². The molecular weight excluding hydrogens is 488 g/mol. The lowest BCUT2D eigenvalue weighted by atomic mass is 9.69. The van der Waals surface area contributed by atoms with Gasteiger partial charge in [0.1, 0.15) is 0 Å². The molecule has 206 valence electrons. The van der Waals surface area contributed by atoms with Crippen LogP contribution in [0.1, 0.15) is 49.7 Å². The van der Waals surface area contributed by atoms with Gasteiger partial charge in [-0.15, -0.1) is 0 Å². The van der Waals surface area contributed by atoms with Gasteiger partial charge in [0, 0.05) is 18.3 Å². The summed E-state index contributed by atoms with van der Waals surface area (Å²) in [6, 6.07) is 25.8. The van der Waals surface area contributed by atoms with Crippen molar-refractivity contribution in [3.8, 4) is 29.1 Å². The zero-order valence-corrected chi connectivity index (χ0v) is 23.6. The summed E-state index contributed by atoms with van der Waals surface area (Å²) in [5.74, 6) is 2.90. The second-order valence-electron chi connectivity index (χ2n) is 10.2. The number of unbranched alkanes of at least 4 members (excludes halogenated alkanes) is 1. The number of methoxy groups -OCH3 is 4. The minimum Gasteiger partial charge on any atom is -0.493 e. The van der Waals surface area contributed by atoms with Gasteiger partial charge in [0.25, 0.3) is 0 Å². The van der Waals surface area contributed by atoms with E-state index in [0.29, 0.717) is 17.5 Å². The van der Waals surface area contributed by atoms with Crippen LogP contribution >= 0.6 is 0 Å². The van der Waals surface area contributed by atoms with Gasteiger partial charge in [-0.3, -0.25) is 0 Å². The Kier molecular flexibility index (Phi) is 9.59. The molecule has 3 aromatic rings. The molecule has 1 fully saturated rings. The van der Waals surface area contributed by atoms with E-state index in [0.717, 1.165) is 68.6 Å². The summed E-state index contributed by atoms with van der Waals surface area (Å²) in [5, 5.41) is 10.3. The third kappa shape index (κ3) is 6.42. The molecule has 6 nitrogen and oxygen atoms in total. The van der Waals surface area contributed by atoms with E-state index in [1.54, 1.807) is 28.4 Å². The highest BCUT2D eigenvalue weighted by atomic mass is 16.5.